The predicted octanol–water partition coefficient (Wildman–Crippen LogP) is 3.05. The van der Waals surface area contributed by atoms with E-state index in [9.17, 15) is 4.79 Å². The molecule has 2 aliphatic rings. The van der Waals surface area contributed by atoms with Crippen molar-refractivity contribution in [3.63, 3.8) is 0 Å². The van der Waals surface area contributed by atoms with Crippen molar-refractivity contribution < 1.29 is 14.6 Å². The zero-order valence-electron chi connectivity index (χ0n) is 16.1. The minimum absolute atomic E-state index is 0.195. The molecule has 8 nitrogen and oxygen atoms in total. The van der Waals surface area contributed by atoms with E-state index in [4.69, 9.17) is 9.84 Å². The molecule has 4 heterocycles. The summed E-state index contributed by atoms with van der Waals surface area (Å²) in [5, 5.41) is 13.4. The van der Waals surface area contributed by atoms with Crippen LogP contribution >= 0.6 is 0 Å². The maximum absolute atomic E-state index is 12.6. The predicted molar refractivity (Wildman–Crippen MR) is 105 cm³/mol. The maximum Gasteiger partial charge on any atom is 0.415 e. The Hall–Kier alpha value is -3.00. The number of amides is 1. The first-order chi connectivity index (χ1) is 14.2. The Bertz CT molecular complexity index is 1030. The highest BCUT2D eigenvalue weighted by molar-refractivity contribution is 5.77. The molecular formula is C21H23N5O3. The van der Waals surface area contributed by atoms with Gasteiger partial charge >= 0.3 is 6.09 Å². The summed E-state index contributed by atoms with van der Waals surface area (Å²) in [5.41, 5.74) is 2.72. The molecule has 1 N–H and O–H groups in total. The fourth-order valence-electron chi connectivity index (χ4n) is 4.47. The molecule has 0 aromatic carbocycles. The topological polar surface area (TPSA) is 92.8 Å². The number of aliphatic hydroxyl groups is 1. The van der Waals surface area contributed by atoms with E-state index < -0.39 is 0 Å². The molecule has 150 valence electrons. The molecule has 1 saturated carbocycles. The number of likely N-dealkylation sites (tertiary alicyclic amines) is 1. The summed E-state index contributed by atoms with van der Waals surface area (Å²) in [7, 11) is 0. The van der Waals surface area contributed by atoms with E-state index in [0.29, 0.717) is 22.5 Å². The highest BCUT2D eigenvalue weighted by Crippen LogP contribution is 2.44. The van der Waals surface area contributed by atoms with Gasteiger partial charge in [-0.15, -0.1) is 0 Å². The quantitative estimate of drug-likeness (QED) is 0.735. The lowest BCUT2D eigenvalue weighted by Gasteiger charge is -2.51. The van der Waals surface area contributed by atoms with Gasteiger partial charge in [-0.3, -0.25) is 0 Å². The van der Waals surface area contributed by atoms with Gasteiger partial charge in [-0.25, -0.2) is 19.3 Å². The van der Waals surface area contributed by atoms with Crippen molar-refractivity contribution in [1.82, 2.24) is 24.5 Å². The smallest absolute Gasteiger partial charge is 0.406 e. The second kappa shape index (κ2) is 7.11. The Labute approximate surface area is 168 Å². The van der Waals surface area contributed by atoms with Crippen molar-refractivity contribution in [3.8, 4) is 16.9 Å². The fraction of sp³-hybridized carbons (Fsp3) is 0.429. The zero-order chi connectivity index (χ0) is 19.8. The van der Waals surface area contributed by atoms with Crippen molar-refractivity contribution in [2.75, 3.05) is 13.1 Å². The van der Waals surface area contributed by atoms with Crippen LogP contribution < -0.4 is 4.74 Å². The van der Waals surface area contributed by atoms with Crippen molar-refractivity contribution in [3.05, 3.63) is 42.7 Å². The van der Waals surface area contributed by atoms with Crippen LogP contribution in [-0.4, -0.2) is 48.8 Å². The zero-order valence-corrected chi connectivity index (χ0v) is 16.1. The molecule has 8 heteroatoms. The highest BCUT2D eigenvalue weighted by Gasteiger charge is 2.46. The van der Waals surface area contributed by atoms with E-state index in [1.54, 1.807) is 28.0 Å². The van der Waals surface area contributed by atoms with Crippen molar-refractivity contribution >= 4 is 11.6 Å². The minimum Gasteiger partial charge on any atom is -0.406 e. The van der Waals surface area contributed by atoms with Gasteiger partial charge in [-0.05, 0) is 30.5 Å². The van der Waals surface area contributed by atoms with Crippen LogP contribution in [-0.2, 0) is 6.61 Å². The van der Waals surface area contributed by atoms with Crippen LogP contribution in [0.15, 0.2) is 36.9 Å². The highest BCUT2D eigenvalue weighted by atomic mass is 16.6. The molecule has 1 aliphatic carbocycles. The van der Waals surface area contributed by atoms with Crippen LogP contribution in [0.1, 0.15) is 37.9 Å². The first-order valence-electron chi connectivity index (χ1n) is 10.0. The molecule has 0 bridgehead atoms. The lowest BCUT2D eigenvalue weighted by Crippen LogP contribution is -2.59. The number of fused-ring (bicyclic) bond motifs is 1. The third-order valence-electron chi connectivity index (χ3n) is 6.09. The summed E-state index contributed by atoms with van der Waals surface area (Å²) in [5.74, 6) is 0.813. The standard InChI is InChI=1S/C21H23N5O3/c27-12-19-22-9-16(10-23-19)15-4-7-26-17(8-15)18(11-24-26)29-20(28)25-13-21(14-25)5-2-1-3-6-21/h4,7-11,27H,1-3,5-6,12-14H2. The number of ether oxygens (including phenoxy) is 1. The maximum atomic E-state index is 12.6. The number of aromatic nitrogens is 4. The monoisotopic (exact) mass is 393 g/mol. The number of rotatable bonds is 3. The third kappa shape index (κ3) is 3.33. The number of carbonyl (C=O) groups excluding carboxylic acids is 1. The number of hydrogen-bond donors (Lipinski definition) is 1. The second-order valence-corrected chi connectivity index (χ2v) is 8.08. The molecule has 1 aliphatic heterocycles. The molecule has 29 heavy (non-hydrogen) atoms. The van der Waals surface area contributed by atoms with Crippen LogP contribution in [0.2, 0.25) is 0 Å². The first-order valence-corrected chi connectivity index (χ1v) is 10.0. The largest absolute Gasteiger partial charge is 0.415 e. The molecule has 3 aromatic heterocycles. The summed E-state index contributed by atoms with van der Waals surface area (Å²) < 4.78 is 7.35. The Morgan fingerprint density at radius 2 is 1.86 bits per heavy atom. The molecule has 0 radical (unpaired) electrons. The molecule has 0 atom stereocenters. The lowest BCUT2D eigenvalue weighted by molar-refractivity contribution is -0.0124. The fourth-order valence-corrected chi connectivity index (χ4v) is 4.47. The van der Waals surface area contributed by atoms with Gasteiger partial charge in [-0.2, -0.15) is 5.10 Å². The van der Waals surface area contributed by atoms with Crippen LogP contribution in [0.25, 0.3) is 16.6 Å². The van der Waals surface area contributed by atoms with Crippen LogP contribution in [0.4, 0.5) is 4.79 Å². The van der Waals surface area contributed by atoms with Gasteiger partial charge in [0.25, 0.3) is 0 Å². The number of nitrogens with zero attached hydrogens (tertiary/aromatic N) is 5. The average molecular weight is 393 g/mol. The number of hydrogen-bond acceptors (Lipinski definition) is 6. The summed E-state index contributed by atoms with van der Waals surface area (Å²) in [6.45, 7) is 1.40. The summed E-state index contributed by atoms with van der Waals surface area (Å²) in [6.07, 6.45) is 12.7. The van der Waals surface area contributed by atoms with Gasteiger partial charge < -0.3 is 14.7 Å². The van der Waals surface area contributed by atoms with Crippen LogP contribution in [0.5, 0.6) is 5.75 Å². The van der Waals surface area contributed by atoms with Crippen molar-refractivity contribution in [1.29, 1.82) is 0 Å². The van der Waals surface area contributed by atoms with Gasteiger partial charge in [0.2, 0.25) is 0 Å². The molecule has 0 unspecified atom stereocenters. The van der Waals surface area contributed by atoms with Gasteiger partial charge in [0.1, 0.15) is 12.1 Å². The Balaban J connectivity index is 1.33. The van der Waals surface area contributed by atoms with E-state index in [1.165, 1.54) is 32.1 Å². The van der Waals surface area contributed by atoms with Gasteiger partial charge in [0, 0.05) is 42.7 Å². The van der Waals surface area contributed by atoms with E-state index >= 15 is 0 Å². The Morgan fingerprint density at radius 1 is 1.10 bits per heavy atom. The lowest BCUT2D eigenvalue weighted by atomic mass is 9.69. The SMILES string of the molecule is O=C(Oc1cnn2ccc(-c3cnc(CO)nc3)cc12)N1CC2(CCCCC2)C1. The Kier molecular flexibility index (Phi) is 4.43. The van der Waals surface area contributed by atoms with Crippen LogP contribution in [0, 0.1) is 5.41 Å². The molecule has 3 aromatic rings. The third-order valence-corrected chi connectivity index (χ3v) is 6.09. The molecule has 1 amide bonds. The molecule has 5 rings (SSSR count). The number of pyridine rings is 1. The molecular weight excluding hydrogens is 370 g/mol. The van der Waals surface area contributed by atoms with E-state index in [0.717, 1.165) is 24.2 Å². The van der Waals surface area contributed by atoms with Gasteiger partial charge in [0.15, 0.2) is 11.6 Å². The second-order valence-electron chi connectivity index (χ2n) is 8.08. The molecule has 1 saturated heterocycles. The van der Waals surface area contributed by atoms with E-state index in [-0.39, 0.29) is 12.7 Å². The summed E-state index contributed by atoms with van der Waals surface area (Å²) in [4.78, 5) is 22.6. The molecule has 1 spiro atoms. The first kappa shape index (κ1) is 18.1. The number of aliphatic hydroxyl groups excluding tert-OH is 1. The van der Waals surface area contributed by atoms with Crippen LogP contribution in [0.3, 0.4) is 0 Å². The van der Waals surface area contributed by atoms with Crippen molar-refractivity contribution in [2.45, 2.75) is 38.7 Å². The van der Waals surface area contributed by atoms with E-state index in [2.05, 4.69) is 15.1 Å². The summed E-state index contributed by atoms with van der Waals surface area (Å²) >= 11 is 0. The Morgan fingerprint density at radius 3 is 2.59 bits per heavy atom. The number of carbonyl (C=O) groups is 1. The average Bonchev–Trinajstić information content (AvgIpc) is 3.14. The normalized spacial score (nSPS) is 18.0. The van der Waals surface area contributed by atoms with E-state index in [1.807, 2.05) is 18.3 Å². The van der Waals surface area contributed by atoms with Gasteiger partial charge in [0.05, 0.1) is 6.20 Å². The minimum atomic E-state index is -0.308. The molecule has 2 fully saturated rings. The van der Waals surface area contributed by atoms with Crippen molar-refractivity contribution in [2.24, 2.45) is 5.41 Å². The summed E-state index contributed by atoms with van der Waals surface area (Å²) in [6, 6.07) is 3.79. The van der Waals surface area contributed by atoms with Gasteiger partial charge in [-0.1, -0.05) is 19.3 Å².